The first-order valence-electron chi connectivity index (χ1n) is 4.73. The molecule has 0 saturated heterocycles. The van der Waals surface area contributed by atoms with E-state index in [1.807, 2.05) is 34.6 Å². The van der Waals surface area contributed by atoms with Gasteiger partial charge in [0.15, 0.2) is 0 Å². The fraction of sp³-hybridized carbons (Fsp3) is 0.800. The molecule has 0 amide bonds. The average molecular weight is 219 g/mol. The van der Waals surface area contributed by atoms with Crippen LogP contribution in [0.3, 0.4) is 0 Å². The van der Waals surface area contributed by atoms with Gasteiger partial charge in [0.2, 0.25) is 5.31 Å². The highest BCUT2D eigenvalue weighted by Crippen LogP contribution is 2.41. The van der Waals surface area contributed by atoms with Gasteiger partial charge in [-0.25, -0.2) is 0 Å². The molecule has 1 atom stereocenters. The summed E-state index contributed by atoms with van der Waals surface area (Å²) in [5.41, 5.74) is -0.320. The molecule has 0 spiro atoms. The summed E-state index contributed by atoms with van der Waals surface area (Å²) in [5, 5.41) is 0.452. The summed E-state index contributed by atoms with van der Waals surface area (Å²) >= 11 is 0. The highest BCUT2D eigenvalue weighted by Gasteiger charge is 2.34. The Morgan fingerprint density at radius 2 is 2.00 bits per heavy atom. The summed E-state index contributed by atoms with van der Waals surface area (Å²) < 4.78 is 16.3. The Hall–Kier alpha value is -0.400. The molecule has 0 rings (SSSR count). The lowest BCUT2D eigenvalue weighted by Gasteiger charge is -2.12. The summed E-state index contributed by atoms with van der Waals surface area (Å²) in [4.78, 5) is 9.07. The van der Waals surface area contributed by atoms with E-state index in [1.54, 1.807) is 0 Å². The van der Waals surface area contributed by atoms with Crippen molar-refractivity contribution in [1.29, 1.82) is 0 Å². The summed E-state index contributed by atoms with van der Waals surface area (Å²) in [5.74, 6) is 0.420. The van der Waals surface area contributed by atoms with E-state index in [4.69, 9.17) is 9.63 Å². The third kappa shape index (κ3) is 5.36. The highest BCUT2D eigenvalue weighted by molar-refractivity contribution is 7.43. The first kappa shape index (κ1) is 13.6. The van der Waals surface area contributed by atoms with Gasteiger partial charge < -0.3 is 4.74 Å². The fourth-order valence-electron chi connectivity index (χ4n) is 0.828. The van der Waals surface area contributed by atoms with Crippen LogP contribution in [0.25, 0.3) is 0 Å². The van der Waals surface area contributed by atoms with Crippen LogP contribution in [0.4, 0.5) is 0 Å². The van der Waals surface area contributed by atoms with Crippen molar-refractivity contribution in [2.45, 2.75) is 34.6 Å². The number of allylic oxidation sites excluding steroid dienone is 1. The number of ether oxygens (including phenoxy) is 1. The van der Waals surface area contributed by atoms with Crippen LogP contribution < -0.4 is 0 Å². The van der Waals surface area contributed by atoms with E-state index in [0.29, 0.717) is 17.8 Å². The molecule has 14 heavy (non-hydrogen) atoms. The van der Waals surface area contributed by atoms with Crippen LogP contribution in [0, 0.1) is 11.3 Å². The van der Waals surface area contributed by atoms with Gasteiger partial charge in [0.25, 0.3) is 0 Å². The molecule has 0 saturated carbocycles. The number of hydrogen-bond donors (Lipinski definition) is 1. The zero-order valence-electron chi connectivity index (χ0n) is 9.57. The minimum atomic E-state index is -2.30. The molecular formula is C10H20O3P+. The molecule has 0 aliphatic rings. The molecule has 0 fully saturated rings. The van der Waals surface area contributed by atoms with Crippen molar-refractivity contribution in [3.05, 3.63) is 11.6 Å². The van der Waals surface area contributed by atoms with Crippen LogP contribution in [0.2, 0.25) is 0 Å². The first-order valence-corrected chi connectivity index (χ1v) is 5.94. The van der Waals surface area contributed by atoms with Gasteiger partial charge in [0, 0.05) is 5.41 Å². The van der Waals surface area contributed by atoms with Crippen molar-refractivity contribution >= 4 is 8.03 Å². The monoisotopic (exact) mass is 219 g/mol. The maximum Gasteiger partial charge on any atom is 0.545 e. The Morgan fingerprint density at radius 1 is 1.50 bits per heavy atom. The lowest BCUT2D eigenvalue weighted by Crippen LogP contribution is -2.08. The van der Waals surface area contributed by atoms with Gasteiger partial charge in [-0.15, -0.1) is 0 Å². The Morgan fingerprint density at radius 3 is 2.29 bits per heavy atom. The van der Waals surface area contributed by atoms with E-state index in [-0.39, 0.29) is 5.41 Å². The van der Waals surface area contributed by atoms with Gasteiger partial charge in [-0.1, -0.05) is 34.6 Å². The highest BCUT2D eigenvalue weighted by atomic mass is 31.1. The Balaban J connectivity index is 4.44. The van der Waals surface area contributed by atoms with Gasteiger partial charge in [0.05, 0.1) is 6.61 Å². The van der Waals surface area contributed by atoms with Crippen LogP contribution in [0.5, 0.6) is 0 Å². The van der Waals surface area contributed by atoms with E-state index < -0.39 is 8.03 Å². The van der Waals surface area contributed by atoms with E-state index in [0.717, 1.165) is 0 Å². The van der Waals surface area contributed by atoms with Gasteiger partial charge in [0.1, 0.15) is 6.26 Å². The molecule has 82 valence electrons. The van der Waals surface area contributed by atoms with Crippen molar-refractivity contribution in [2.24, 2.45) is 11.3 Å². The maximum absolute atomic E-state index is 11.0. The SMILES string of the molecule is CC(C)CO/C=C(/[P+](=O)O)C(C)(C)C. The minimum Gasteiger partial charge on any atom is -0.496 e. The molecule has 1 N–H and O–H groups in total. The van der Waals surface area contributed by atoms with Gasteiger partial charge >= 0.3 is 8.03 Å². The molecule has 0 aromatic rings. The molecule has 0 heterocycles. The van der Waals surface area contributed by atoms with Crippen LogP contribution in [-0.4, -0.2) is 11.5 Å². The second kappa shape index (κ2) is 5.47. The summed E-state index contributed by atoms with van der Waals surface area (Å²) in [7, 11) is -2.30. The summed E-state index contributed by atoms with van der Waals surface area (Å²) in [6.07, 6.45) is 1.43. The molecule has 0 aliphatic heterocycles. The maximum atomic E-state index is 11.0. The smallest absolute Gasteiger partial charge is 0.496 e. The number of hydrogen-bond acceptors (Lipinski definition) is 2. The van der Waals surface area contributed by atoms with Crippen molar-refractivity contribution in [3.63, 3.8) is 0 Å². The Bertz CT molecular complexity index is 226. The largest absolute Gasteiger partial charge is 0.545 e. The topological polar surface area (TPSA) is 46.5 Å². The number of rotatable bonds is 4. The van der Waals surface area contributed by atoms with E-state index >= 15 is 0 Å². The predicted octanol–water partition coefficient (Wildman–Crippen LogP) is 3.28. The van der Waals surface area contributed by atoms with Gasteiger partial charge in [-0.3, -0.25) is 0 Å². The molecule has 4 heteroatoms. The van der Waals surface area contributed by atoms with Crippen LogP contribution in [0.1, 0.15) is 34.6 Å². The normalized spacial score (nSPS) is 14.5. The third-order valence-electron chi connectivity index (χ3n) is 1.60. The molecule has 0 aromatic heterocycles. The van der Waals surface area contributed by atoms with E-state index in [2.05, 4.69) is 0 Å². The lowest BCUT2D eigenvalue weighted by atomic mass is 9.97. The summed E-state index contributed by atoms with van der Waals surface area (Å²) in [6, 6.07) is 0. The zero-order chi connectivity index (χ0) is 11.4. The zero-order valence-corrected chi connectivity index (χ0v) is 10.5. The third-order valence-corrected chi connectivity index (χ3v) is 2.79. The predicted molar refractivity (Wildman–Crippen MR) is 58.2 cm³/mol. The Labute approximate surface area is 87.0 Å². The van der Waals surface area contributed by atoms with Gasteiger partial charge in [-0.2, -0.15) is 4.89 Å². The van der Waals surface area contributed by atoms with Crippen molar-refractivity contribution in [1.82, 2.24) is 0 Å². The second-order valence-electron chi connectivity index (χ2n) is 4.75. The van der Waals surface area contributed by atoms with Crippen LogP contribution in [0.15, 0.2) is 11.6 Å². The Kier molecular flexibility index (Phi) is 5.32. The van der Waals surface area contributed by atoms with Gasteiger partial charge in [-0.05, 0) is 10.5 Å². The standard InChI is InChI=1S/C10H19O3P/c1-8(2)6-13-7-9(14(11)12)10(3,4)5/h7-8H,6H2,1-5H3/p+1/b9-7+. The van der Waals surface area contributed by atoms with Crippen molar-refractivity contribution < 1.29 is 14.2 Å². The first-order chi connectivity index (χ1) is 6.25. The average Bonchev–Trinajstić information content (AvgIpc) is 1.94. The van der Waals surface area contributed by atoms with Crippen molar-refractivity contribution in [3.8, 4) is 0 Å². The fourth-order valence-corrected chi connectivity index (χ4v) is 1.57. The van der Waals surface area contributed by atoms with Crippen LogP contribution in [-0.2, 0) is 9.30 Å². The molecule has 0 radical (unpaired) electrons. The second-order valence-corrected chi connectivity index (χ2v) is 5.78. The van der Waals surface area contributed by atoms with Crippen molar-refractivity contribution in [2.75, 3.05) is 6.61 Å². The molecule has 3 nitrogen and oxygen atoms in total. The van der Waals surface area contributed by atoms with Crippen LogP contribution >= 0.6 is 8.03 Å². The summed E-state index contributed by atoms with van der Waals surface area (Å²) in [6.45, 7) is 10.3. The minimum absolute atomic E-state index is 0.320. The molecule has 0 bridgehead atoms. The molecule has 0 aromatic carbocycles. The molecule has 1 unspecified atom stereocenters. The molecular weight excluding hydrogens is 199 g/mol. The van der Waals surface area contributed by atoms with E-state index in [9.17, 15) is 4.57 Å². The lowest BCUT2D eigenvalue weighted by molar-refractivity contribution is 0.206. The molecule has 0 aliphatic carbocycles. The quantitative estimate of drug-likeness (QED) is 0.583. The van der Waals surface area contributed by atoms with E-state index in [1.165, 1.54) is 6.26 Å².